The van der Waals surface area contributed by atoms with Gasteiger partial charge in [-0.1, -0.05) is 13.8 Å². The van der Waals surface area contributed by atoms with Gasteiger partial charge in [0.1, 0.15) is 0 Å². The second-order valence-electron chi connectivity index (χ2n) is 6.61. The standard InChI is InChI=1S/C16H34N5/c1-5-15(20-11-7-18(3)8-12-20)17-16(6-2)21-13-9-19(4)10-14-21/h15-16H,5-14H2,1-4H3. The molecule has 2 aliphatic rings. The summed E-state index contributed by atoms with van der Waals surface area (Å²) < 4.78 is 0. The van der Waals surface area contributed by atoms with E-state index in [1.54, 1.807) is 0 Å². The zero-order valence-corrected chi connectivity index (χ0v) is 14.5. The highest BCUT2D eigenvalue weighted by Crippen LogP contribution is 2.13. The van der Waals surface area contributed by atoms with Crippen LogP contribution in [0.3, 0.4) is 0 Å². The molecule has 0 aromatic carbocycles. The number of hydrogen-bond acceptors (Lipinski definition) is 4. The summed E-state index contributed by atoms with van der Waals surface area (Å²) in [6.45, 7) is 13.9. The largest absolute Gasteiger partial charge is 0.304 e. The molecule has 5 nitrogen and oxygen atoms in total. The summed E-state index contributed by atoms with van der Waals surface area (Å²) in [6, 6.07) is 0. The molecule has 0 aliphatic carbocycles. The normalized spacial score (nSPS) is 26.9. The van der Waals surface area contributed by atoms with Gasteiger partial charge in [-0.2, -0.15) is 0 Å². The van der Waals surface area contributed by atoms with Crippen molar-refractivity contribution >= 4 is 0 Å². The van der Waals surface area contributed by atoms with Crippen LogP contribution in [0.15, 0.2) is 0 Å². The molecular weight excluding hydrogens is 262 g/mol. The Labute approximate surface area is 131 Å². The number of nitrogens with zero attached hydrogens (tertiary/aromatic N) is 5. The lowest BCUT2D eigenvalue weighted by Gasteiger charge is -2.42. The fraction of sp³-hybridized carbons (Fsp3) is 1.00. The Bertz CT molecular complexity index is 254. The Hall–Kier alpha value is -0.200. The van der Waals surface area contributed by atoms with E-state index >= 15 is 0 Å². The van der Waals surface area contributed by atoms with Crippen molar-refractivity contribution in [3.05, 3.63) is 0 Å². The Balaban J connectivity index is 1.86. The first kappa shape index (κ1) is 17.2. The molecule has 1 radical (unpaired) electrons. The number of piperazine rings is 2. The van der Waals surface area contributed by atoms with Gasteiger partial charge in [-0.25, -0.2) is 5.32 Å². The lowest BCUT2D eigenvalue weighted by Crippen LogP contribution is -2.58. The molecule has 2 unspecified atom stereocenters. The summed E-state index contributed by atoms with van der Waals surface area (Å²) >= 11 is 0. The number of rotatable bonds is 6. The third kappa shape index (κ3) is 4.89. The summed E-state index contributed by atoms with van der Waals surface area (Å²) in [6.07, 6.45) is 3.08. The highest BCUT2D eigenvalue weighted by molar-refractivity contribution is 4.80. The average Bonchev–Trinajstić information content (AvgIpc) is 2.51. The van der Waals surface area contributed by atoms with Gasteiger partial charge >= 0.3 is 0 Å². The van der Waals surface area contributed by atoms with Crippen LogP contribution in [-0.2, 0) is 0 Å². The highest BCUT2D eigenvalue weighted by Gasteiger charge is 2.28. The second-order valence-corrected chi connectivity index (χ2v) is 6.61. The summed E-state index contributed by atoms with van der Waals surface area (Å²) in [5, 5.41) is 5.23. The van der Waals surface area contributed by atoms with Gasteiger partial charge in [-0.15, -0.1) is 0 Å². The molecule has 2 aliphatic heterocycles. The smallest absolute Gasteiger partial charge is 0.0777 e. The van der Waals surface area contributed by atoms with Crippen molar-refractivity contribution in [3.8, 4) is 0 Å². The third-order valence-electron chi connectivity index (χ3n) is 4.99. The van der Waals surface area contributed by atoms with Gasteiger partial charge in [0.05, 0.1) is 12.3 Å². The van der Waals surface area contributed by atoms with Gasteiger partial charge in [0.25, 0.3) is 0 Å². The Morgan fingerprint density at radius 3 is 1.29 bits per heavy atom. The first-order chi connectivity index (χ1) is 10.1. The predicted molar refractivity (Wildman–Crippen MR) is 88.4 cm³/mol. The maximum Gasteiger partial charge on any atom is 0.0777 e. The van der Waals surface area contributed by atoms with E-state index in [2.05, 4.69) is 47.5 Å². The molecule has 5 heteroatoms. The van der Waals surface area contributed by atoms with Crippen molar-refractivity contribution in [1.82, 2.24) is 24.9 Å². The summed E-state index contributed by atoms with van der Waals surface area (Å²) in [5.74, 6) is 0. The molecule has 2 fully saturated rings. The maximum absolute atomic E-state index is 5.23. The van der Waals surface area contributed by atoms with Gasteiger partial charge in [-0.3, -0.25) is 9.80 Å². The topological polar surface area (TPSA) is 27.1 Å². The van der Waals surface area contributed by atoms with E-state index in [-0.39, 0.29) is 0 Å². The van der Waals surface area contributed by atoms with Crippen LogP contribution in [-0.4, -0.2) is 98.4 Å². The third-order valence-corrected chi connectivity index (χ3v) is 4.99. The molecule has 0 saturated carbocycles. The van der Waals surface area contributed by atoms with E-state index in [0.717, 1.165) is 39.0 Å². The Kier molecular flexibility index (Phi) is 6.89. The van der Waals surface area contributed by atoms with Crippen LogP contribution in [0.2, 0.25) is 0 Å². The van der Waals surface area contributed by atoms with E-state index in [1.165, 1.54) is 26.2 Å². The van der Waals surface area contributed by atoms with Gasteiger partial charge in [-0.05, 0) is 26.9 Å². The molecule has 2 atom stereocenters. The van der Waals surface area contributed by atoms with Crippen LogP contribution in [0.4, 0.5) is 0 Å². The molecule has 2 heterocycles. The van der Waals surface area contributed by atoms with Crippen molar-refractivity contribution in [2.75, 3.05) is 66.5 Å². The molecule has 2 rings (SSSR count). The molecular formula is C16H34N5. The van der Waals surface area contributed by atoms with Crippen molar-refractivity contribution in [2.45, 2.75) is 39.0 Å². The van der Waals surface area contributed by atoms with Gasteiger partial charge in [0.2, 0.25) is 0 Å². The summed E-state index contributed by atoms with van der Waals surface area (Å²) in [5.41, 5.74) is 0. The van der Waals surface area contributed by atoms with E-state index in [9.17, 15) is 0 Å². The molecule has 21 heavy (non-hydrogen) atoms. The number of likely N-dealkylation sites (N-methyl/N-ethyl adjacent to an activating group) is 2. The molecule has 0 spiro atoms. The maximum atomic E-state index is 5.23. The average molecular weight is 296 g/mol. The summed E-state index contributed by atoms with van der Waals surface area (Å²) in [4.78, 5) is 10.00. The molecule has 0 aromatic heterocycles. The van der Waals surface area contributed by atoms with E-state index in [1.807, 2.05) is 0 Å². The zero-order valence-electron chi connectivity index (χ0n) is 14.5. The van der Waals surface area contributed by atoms with E-state index in [4.69, 9.17) is 5.32 Å². The van der Waals surface area contributed by atoms with Crippen molar-refractivity contribution < 1.29 is 0 Å². The minimum Gasteiger partial charge on any atom is -0.304 e. The second kappa shape index (κ2) is 8.44. The van der Waals surface area contributed by atoms with Crippen LogP contribution in [0, 0.1) is 0 Å². The summed E-state index contributed by atoms with van der Waals surface area (Å²) in [7, 11) is 4.43. The molecule has 0 bridgehead atoms. The predicted octanol–water partition coefficient (Wildman–Crippen LogP) is 0.558. The van der Waals surface area contributed by atoms with Gasteiger partial charge in [0.15, 0.2) is 0 Å². The van der Waals surface area contributed by atoms with Crippen LogP contribution >= 0.6 is 0 Å². The first-order valence-electron chi connectivity index (χ1n) is 8.69. The Morgan fingerprint density at radius 2 is 1.00 bits per heavy atom. The minimum absolute atomic E-state index is 0.406. The molecule has 0 aromatic rings. The van der Waals surface area contributed by atoms with Gasteiger partial charge < -0.3 is 9.80 Å². The van der Waals surface area contributed by atoms with Crippen LogP contribution < -0.4 is 5.32 Å². The molecule has 0 N–H and O–H groups in total. The zero-order chi connectivity index (χ0) is 15.2. The van der Waals surface area contributed by atoms with Crippen LogP contribution in [0.1, 0.15) is 26.7 Å². The van der Waals surface area contributed by atoms with E-state index in [0.29, 0.717) is 12.3 Å². The van der Waals surface area contributed by atoms with Crippen LogP contribution in [0.25, 0.3) is 0 Å². The minimum atomic E-state index is 0.406. The van der Waals surface area contributed by atoms with Crippen LogP contribution in [0.5, 0.6) is 0 Å². The fourth-order valence-electron chi connectivity index (χ4n) is 3.35. The van der Waals surface area contributed by atoms with Crippen molar-refractivity contribution in [3.63, 3.8) is 0 Å². The fourth-order valence-corrected chi connectivity index (χ4v) is 3.35. The highest BCUT2D eigenvalue weighted by atomic mass is 15.4. The lowest BCUT2D eigenvalue weighted by molar-refractivity contribution is 0.0334. The molecule has 123 valence electrons. The van der Waals surface area contributed by atoms with Gasteiger partial charge in [0, 0.05) is 52.4 Å². The molecule has 0 amide bonds. The van der Waals surface area contributed by atoms with Crippen molar-refractivity contribution in [2.24, 2.45) is 0 Å². The molecule has 2 saturated heterocycles. The quantitative estimate of drug-likeness (QED) is 0.716. The lowest BCUT2D eigenvalue weighted by atomic mass is 10.2. The first-order valence-corrected chi connectivity index (χ1v) is 8.69. The Morgan fingerprint density at radius 1 is 0.667 bits per heavy atom. The number of hydrogen-bond donors (Lipinski definition) is 0. The SMILES string of the molecule is CCC([N]C(CC)N1CCN(C)CC1)N1CCN(C)CC1. The van der Waals surface area contributed by atoms with E-state index < -0.39 is 0 Å². The van der Waals surface area contributed by atoms with Crippen molar-refractivity contribution in [1.29, 1.82) is 0 Å². The monoisotopic (exact) mass is 296 g/mol.